The maximum Gasteiger partial charge on any atom is 0.237 e. The van der Waals surface area contributed by atoms with Crippen LogP contribution in [0.4, 0.5) is 0 Å². The van der Waals surface area contributed by atoms with E-state index in [0.29, 0.717) is 19.7 Å². The lowest BCUT2D eigenvalue weighted by Gasteiger charge is -2.39. The highest BCUT2D eigenvalue weighted by Crippen LogP contribution is 2.20. The fraction of sp³-hybridized carbons (Fsp3) is 0.941. The Morgan fingerprint density at radius 1 is 1.26 bits per heavy atom. The minimum Gasteiger partial charge on any atom is -0.391 e. The molecule has 0 aromatic carbocycles. The third-order valence-corrected chi connectivity index (χ3v) is 4.59. The van der Waals surface area contributed by atoms with Crippen LogP contribution >= 0.6 is 0 Å². The third kappa shape index (κ3) is 7.16. The molecule has 1 fully saturated rings. The van der Waals surface area contributed by atoms with E-state index in [1.807, 2.05) is 6.92 Å². The molecule has 0 aliphatic carbocycles. The summed E-state index contributed by atoms with van der Waals surface area (Å²) in [5.41, 5.74) is -0.0908. The van der Waals surface area contributed by atoms with Gasteiger partial charge in [0.05, 0.1) is 12.1 Å². The number of carbonyl (C=O) groups excluding carboxylic acids is 1. The number of nitrogens with zero attached hydrogens (tertiary/aromatic N) is 2. The molecular weight excluding hydrogens is 294 g/mol. The summed E-state index contributed by atoms with van der Waals surface area (Å²) in [5, 5.41) is 13.2. The number of methoxy groups -OCH3 is 1. The first-order valence-electron chi connectivity index (χ1n) is 8.67. The number of ether oxygens (including phenoxy) is 1. The van der Waals surface area contributed by atoms with Crippen molar-refractivity contribution in [3.8, 4) is 0 Å². The average molecular weight is 329 g/mol. The molecule has 23 heavy (non-hydrogen) atoms. The van der Waals surface area contributed by atoms with Crippen molar-refractivity contribution in [2.45, 2.75) is 46.3 Å². The highest BCUT2D eigenvalue weighted by Gasteiger charge is 2.29. The van der Waals surface area contributed by atoms with E-state index in [-0.39, 0.29) is 23.5 Å². The van der Waals surface area contributed by atoms with Gasteiger partial charge in [0.1, 0.15) is 0 Å². The van der Waals surface area contributed by atoms with Gasteiger partial charge in [0.25, 0.3) is 0 Å². The van der Waals surface area contributed by atoms with Crippen LogP contribution < -0.4 is 5.32 Å². The van der Waals surface area contributed by atoms with E-state index in [9.17, 15) is 9.90 Å². The predicted octanol–water partition coefficient (Wildman–Crippen LogP) is 0.552. The number of piperazine rings is 1. The second-order valence-electron chi connectivity index (χ2n) is 7.53. The molecular formula is C17H35N3O3. The molecule has 0 aromatic heterocycles. The fourth-order valence-corrected chi connectivity index (χ4v) is 2.59. The summed E-state index contributed by atoms with van der Waals surface area (Å²) in [6, 6.07) is -0.104. The quantitative estimate of drug-likeness (QED) is 0.637. The zero-order valence-electron chi connectivity index (χ0n) is 15.5. The van der Waals surface area contributed by atoms with Gasteiger partial charge in [0, 0.05) is 53.0 Å². The summed E-state index contributed by atoms with van der Waals surface area (Å²) in [4.78, 5) is 16.7. The van der Waals surface area contributed by atoms with Gasteiger partial charge in [-0.25, -0.2) is 0 Å². The van der Waals surface area contributed by atoms with Crippen LogP contribution in [0.2, 0.25) is 0 Å². The maximum absolute atomic E-state index is 12.1. The topological polar surface area (TPSA) is 65.0 Å². The molecule has 1 heterocycles. The number of hydrogen-bond acceptors (Lipinski definition) is 5. The lowest BCUT2D eigenvalue weighted by Crippen LogP contribution is -2.55. The zero-order valence-corrected chi connectivity index (χ0v) is 15.5. The molecule has 1 aliphatic rings. The molecule has 1 aliphatic heterocycles. The van der Waals surface area contributed by atoms with Crippen LogP contribution in [0.3, 0.4) is 0 Å². The summed E-state index contributed by atoms with van der Waals surface area (Å²) in [5.74, 6) is 0.0873. The first kappa shape index (κ1) is 20.4. The molecule has 6 nitrogen and oxygen atoms in total. The molecule has 136 valence electrons. The monoisotopic (exact) mass is 329 g/mol. The van der Waals surface area contributed by atoms with Crippen LogP contribution in [-0.4, -0.2) is 85.9 Å². The van der Waals surface area contributed by atoms with Gasteiger partial charge in [-0.2, -0.15) is 0 Å². The highest BCUT2D eigenvalue weighted by molar-refractivity contribution is 5.81. The van der Waals surface area contributed by atoms with Gasteiger partial charge in [-0.15, -0.1) is 0 Å². The summed E-state index contributed by atoms with van der Waals surface area (Å²) in [7, 11) is 1.67. The van der Waals surface area contributed by atoms with E-state index in [4.69, 9.17) is 4.74 Å². The van der Waals surface area contributed by atoms with Crippen LogP contribution in [0.5, 0.6) is 0 Å². The zero-order chi connectivity index (χ0) is 17.5. The normalized spacial score (nSPS) is 20.3. The number of nitrogens with one attached hydrogen (secondary N) is 1. The summed E-state index contributed by atoms with van der Waals surface area (Å²) in [6.07, 6.45) is 0.517. The van der Waals surface area contributed by atoms with Crippen LogP contribution in [0.25, 0.3) is 0 Å². The molecule has 1 rings (SSSR count). The van der Waals surface area contributed by atoms with Gasteiger partial charge in [0.2, 0.25) is 5.91 Å². The molecule has 0 saturated carbocycles. The van der Waals surface area contributed by atoms with Crippen LogP contribution in [0.15, 0.2) is 0 Å². The molecule has 0 radical (unpaired) electrons. The maximum atomic E-state index is 12.1. The van der Waals surface area contributed by atoms with Crippen LogP contribution in [0.1, 0.15) is 34.1 Å². The van der Waals surface area contributed by atoms with E-state index in [1.54, 1.807) is 7.11 Å². The Labute approximate surface area is 141 Å². The third-order valence-electron chi connectivity index (χ3n) is 4.59. The first-order chi connectivity index (χ1) is 10.8. The standard InChI is InChI=1S/C17H35N3O3/c1-14(16(22)18-7-6-12-23-5)20-10-8-19(9-11-20)13-15(21)17(2,3)4/h14-15,21H,6-13H2,1-5H3,(H,18,22). The minimum atomic E-state index is -0.324. The SMILES string of the molecule is COCCCNC(=O)C(C)N1CCN(CC(O)C(C)(C)C)CC1. The highest BCUT2D eigenvalue weighted by atomic mass is 16.5. The van der Waals surface area contributed by atoms with Crippen molar-refractivity contribution in [3.63, 3.8) is 0 Å². The molecule has 1 saturated heterocycles. The summed E-state index contributed by atoms with van der Waals surface area (Å²) >= 11 is 0. The van der Waals surface area contributed by atoms with Gasteiger partial charge >= 0.3 is 0 Å². The smallest absolute Gasteiger partial charge is 0.237 e. The number of aliphatic hydroxyl groups is 1. The second-order valence-corrected chi connectivity index (χ2v) is 7.53. The van der Waals surface area contributed by atoms with Gasteiger partial charge < -0.3 is 15.2 Å². The van der Waals surface area contributed by atoms with Crippen molar-refractivity contribution in [2.75, 3.05) is 53.0 Å². The van der Waals surface area contributed by atoms with Crippen molar-refractivity contribution in [1.29, 1.82) is 0 Å². The molecule has 2 atom stereocenters. The number of carbonyl (C=O) groups is 1. The average Bonchev–Trinajstić information content (AvgIpc) is 2.50. The lowest BCUT2D eigenvalue weighted by atomic mass is 9.89. The molecule has 0 bridgehead atoms. The van der Waals surface area contributed by atoms with Crippen LogP contribution in [0, 0.1) is 5.41 Å². The molecule has 6 heteroatoms. The predicted molar refractivity (Wildman–Crippen MR) is 92.4 cm³/mol. The first-order valence-corrected chi connectivity index (χ1v) is 8.67. The van der Waals surface area contributed by atoms with E-state index in [2.05, 4.69) is 35.9 Å². The number of aliphatic hydroxyl groups excluding tert-OH is 1. The van der Waals surface area contributed by atoms with Crippen molar-refractivity contribution in [2.24, 2.45) is 5.41 Å². The molecule has 0 aromatic rings. The van der Waals surface area contributed by atoms with Crippen molar-refractivity contribution in [1.82, 2.24) is 15.1 Å². The molecule has 1 amide bonds. The van der Waals surface area contributed by atoms with Gasteiger partial charge in [-0.1, -0.05) is 20.8 Å². The number of hydrogen-bond donors (Lipinski definition) is 2. The second kappa shape index (κ2) is 9.57. The summed E-state index contributed by atoms with van der Waals surface area (Å²) < 4.78 is 4.98. The number of amides is 1. The summed E-state index contributed by atoms with van der Waals surface area (Å²) in [6.45, 7) is 13.7. The number of rotatable bonds is 8. The van der Waals surface area contributed by atoms with Crippen molar-refractivity contribution < 1.29 is 14.6 Å². The van der Waals surface area contributed by atoms with Crippen molar-refractivity contribution in [3.05, 3.63) is 0 Å². The Hall–Kier alpha value is -0.690. The molecule has 0 spiro atoms. The Balaban J connectivity index is 2.30. The van der Waals surface area contributed by atoms with Gasteiger partial charge in [-0.3, -0.25) is 14.6 Å². The molecule has 2 unspecified atom stereocenters. The Morgan fingerprint density at radius 3 is 2.39 bits per heavy atom. The molecule has 2 N–H and O–H groups in total. The van der Waals surface area contributed by atoms with E-state index in [1.165, 1.54) is 0 Å². The Kier molecular flexibility index (Phi) is 8.47. The van der Waals surface area contributed by atoms with Gasteiger partial charge in [0.15, 0.2) is 0 Å². The van der Waals surface area contributed by atoms with E-state index in [0.717, 1.165) is 32.6 Å². The fourth-order valence-electron chi connectivity index (χ4n) is 2.59. The van der Waals surface area contributed by atoms with E-state index >= 15 is 0 Å². The van der Waals surface area contributed by atoms with Gasteiger partial charge in [-0.05, 0) is 18.8 Å². The Bertz CT molecular complexity index is 349. The van der Waals surface area contributed by atoms with Crippen LogP contribution in [-0.2, 0) is 9.53 Å². The largest absolute Gasteiger partial charge is 0.391 e. The Morgan fingerprint density at radius 2 is 1.87 bits per heavy atom. The van der Waals surface area contributed by atoms with Crippen molar-refractivity contribution >= 4 is 5.91 Å². The van der Waals surface area contributed by atoms with E-state index < -0.39 is 0 Å². The lowest BCUT2D eigenvalue weighted by molar-refractivity contribution is -0.126. The minimum absolute atomic E-state index is 0.0873. The number of β-amino-alcohol motifs (C(OH)–C–C–N with tert-alkyl or cyclic N) is 1.